The van der Waals surface area contributed by atoms with Gasteiger partial charge in [-0.05, 0) is 29.8 Å². The summed E-state index contributed by atoms with van der Waals surface area (Å²) in [6.07, 6.45) is 0.477. The predicted octanol–water partition coefficient (Wildman–Crippen LogP) is 2.63. The molecule has 3 rings (SSSR count). The molecule has 6 heteroatoms. The summed E-state index contributed by atoms with van der Waals surface area (Å²) >= 11 is 5.83. The van der Waals surface area contributed by atoms with Crippen LogP contribution in [0.15, 0.2) is 59.5 Å². The van der Waals surface area contributed by atoms with Gasteiger partial charge in [0, 0.05) is 5.02 Å². The molecule has 24 heavy (non-hydrogen) atoms. The van der Waals surface area contributed by atoms with E-state index in [1.807, 2.05) is 36.4 Å². The van der Waals surface area contributed by atoms with E-state index in [9.17, 15) is 9.90 Å². The molecule has 0 fully saturated rings. The average molecular weight is 345 g/mol. The summed E-state index contributed by atoms with van der Waals surface area (Å²) in [5.74, 6) is 0. The highest BCUT2D eigenvalue weighted by Crippen LogP contribution is 2.11. The molecule has 2 aromatic carbocycles. The first kappa shape index (κ1) is 16.6. The first-order valence-corrected chi connectivity index (χ1v) is 7.96. The second-order valence-electron chi connectivity index (χ2n) is 5.49. The van der Waals surface area contributed by atoms with Gasteiger partial charge in [-0.2, -0.15) is 0 Å². The van der Waals surface area contributed by atoms with E-state index in [4.69, 9.17) is 16.3 Å². The molecule has 0 saturated heterocycles. The molecular formula is C18H17ClN2O3. The van der Waals surface area contributed by atoms with Crippen LogP contribution in [0.2, 0.25) is 5.02 Å². The van der Waals surface area contributed by atoms with Gasteiger partial charge in [0.1, 0.15) is 0 Å². The predicted molar refractivity (Wildman–Crippen MR) is 93.1 cm³/mol. The number of fused-ring (bicyclic) bond motifs is 1. The topological polar surface area (TPSA) is 64.4 Å². The summed E-state index contributed by atoms with van der Waals surface area (Å²) in [6, 6.07) is 14.7. The number of para-hydroxylation sites is 2. The smallest absolute Gasteiger partial charge is 0.269 e. The quantitative estimate of drug-likeness (QED) is 0.746. The first-order valence-electron chi connectivity index (χ1n) is 7.58. The van der Waals surface area contributed by atoms with Gasteiger partial charge in [0.2, 0.25) is 0 Å². The second-order valence-corrected chi connectivity index (χ2v) is 5.93. The minimum atomic E-state index is -0.791. The number of rotatable bonds is 6. The Morgan fingerprint density at radius 2 is 1.92 bits per heavy atom. The number of hydrogen-bond donors (Lipinski definition) is 1. The van der Waals surface area contributed by atoms with E-state index >= 15 is 0 Å². The van der Waals surface area contributed by atoms with Crippen LogP contribution in [0, 0.1) is 0 Å². The van der Waals surface area contributed by atoms with Crippen molar-refractivity contribution in [2.45, 2.75) is 19.3 Å². The van der Waals surface area contributed by atoms with Crippen molar-refractivity contribution in [3.63, 3.8) is 0 Å². The van der Waals surface area contributed by atoms with E-state index in [0.717, 1.165) is 5.56 Å². The molecule has 1 aromatic heterocycles. The number of aliphatic hydroxyl groups excluding tert-OH is 1. The summed E-state index contributed by atoms with van der Waals surface area (Å²) in [6.45, 7) is 0.661. The third-order valence-corrected chi connectivity index (χ3v) is 3.89. The molecular weight excluding hydrogens is 328 g/mol. The molecule has 124 valence electrons. The number of ether oxygens (including phenoxy) is 1. The van der Waals surface area contributed by atoms with Crippen molar-refractivity contribution < 1.29 is 9.84 Å². The van der Waals surface area contributed by atoms with Crippen molar-refractivity contribution in [1.29, 1.82) is 0 Å². The van der Waals surface area contributed by atoms with Crippen molar-refractivity contribution in [1.82, 2.24) is 9.55 Å². The van der Waals surface area contributed by atoms with E-state index in [1.54, 1.807) is 12.1 Å². The number of nitrogens with zero attached hydrogens (tertiary/aromatic N) is 2. The van der Waals surface area contributed by atoms with E-state index in [0.29, 0.717) is 22.7 Å². The van der Waals surface area contributed by atoms with Crippen LogP contribution >= 0.6 is 11.6 Å². The Labute approximate surface area is 144 Å². The summed E-state index contributed by atoms with van der Waals surface area (Å²) in [5, 5.41) is 10.9. The Morgan fingerprint density at radius 3 is 2.71 bits per heavy atom. The molecule has 0 aliphatic heterocycles. The lowest BCUT2D eigenvalue weighted by Crippen LogP contribution is -2.29. The van der Waals surface area contributed by atoms with Gasteiger partial charge in [-0.25, -0.2) is 4.98 Å². The molecule has 0 unspecified atom stereocenters. The van der Waals surface area contributed by atoms with E-state index in [-0.39, 0.29) is 18.7 Å². The van der Waals surface area contributed by atoms with Gasteiger partial charge < -0.3 is 14.4 Å². The van der Waals surface area contributed by atoms with E-state index in [2.05, 4.69) is 4.98 Å². The number of aromatic nitrogens is 2. The van der Waals surface area contributed by atoms with Gasteiger partial charge in [-0.1, -0.05) is 35.9 Å². The van der Waals surface area contributed by atoms with Crippen LogP contribution in [0.25, 0.3) is 11.0 Å². The summed E-state index contributed by atoms with van der Waals surface area (Å²) in [5.41, 5.74) is 2.14. The van der Waals surface area contributed by atoms with Crippen molar-refractivity contribution in [3.05, 3.63) is 75.7 Å². The van der Waals surface area contributed by atoms with Crippen molar-refractivity contribution in [3.8, 4) is 0 Å². The average Bonchev–Trinajstić information content (AvgIpc) is 2.59. The maximum atomic E-state index is 12.0. The normalized spacial score (nSPS) is 12.4. The van der Waals surface area contributed by atoms with Crippen LogP contribution in [-0.2, 0) is 17.9 Å². The fraction of sp³-hybridized carbons (Fsp3) is 0.222. The highest BCUT2D eigenvalue weighted by Gasteiger charge is 2.10. The number of hydrogen-bond acceptors (Lipinski definition) is 4. The van der Waals surface area contributed by atoms with Gasteiger partial charge in [0.25, 0.3) is 5.56 Å². The molecule has 0 amide bonds. The van der Waals surface area contributed by atoms with Crippen molar-refractivity contribution in [2.75, 3.05) is 6.61 Å². The van der Waals surface area contributed by atoms with Gasteiger partial charge in [-0.3, -0.25) is 4.79 Å². The summed E-state index contributed by atoms with van der Waals surface area (Å²) in [4.78, 5) is 16.1. The van der Waals surface area contributed by atoms with Crippen LogP contribution < -0.4 is 5.56 Å². The number of benzene rings is 2. The van der Waals surface area contributed by atoms with Crippen LogP contribution in [0.1, 0.15) is 5.56 Å². The Morgan fingerprint density at radius 1 is 1.17 bits per heavy atom. The number of aliphatic hydroxyl groups is 1. The van der Waals surface area contributed by atoms with Gasteiger partial charge >= 0.3 is 0 Å². The van der Waals surface area contributed by atoms with Gasteiger partial charge in [0.05, 0.1) is 43.1 Å². The molecule has 0 aliphatic rings. The highest BCUT2D eigenvalue weighted by atomic mass is 35.5. The maximum Gasteiger partial charge on any atom is 0.269 e. The standard InChI is InChI=1S/C18H17ClN2O3/c19-14-7-5-13(6-8-14)11-24-12-15(22)10-21-17-4-2-1-3-16(17)20-9-18(21)23/h1-9,15,22H,10-12H2/t15-/m0/s1. The molecule has 0 radical (unpaired) electrons. The van der Waals surface area contributed by atoms with Crippen LogP contribution in [0.4, 0.5) is 0 Å². The third kappa shape index (κ3) is 4.00. The maximum absolute atomic E-state index is 12.0. The summed E-state index contributed by atoms with van der Waals surface area (Å²) < 4.78 is 7.03. The Hall–Kier alpha value is -2.21. The van der Waals surface area contributed by atoms with Crippen LogP contribution in [0.3, 0.4) is 0 Å². The summed E-state index contributed by atoms with van der Waals surface area (Å²) in [7, 11) is 0. The first-order chi connectivity index (χ1) is 11.6. The van der Waals surface area contributed by atoms with E-state index < -0.39 is 6.10 Å². The fourth-order valence-electron chi connectivity index (χ4n) is 2.46. The van der Waals surface area contributed by atoms with Gasteiger partial charge in [0.15, 0.2) is 0 Å². The molecule has 3 aromatic rings. The molecule has 5 nitrogen and oxygen atoms in total. The minimum absolute atomic E-state index is 0.131. The Kier molecular flexibility index (Phi) is 5.25. The Balaban J connectivity index is 1.63. The van der Waals surface area contributed by atoms with Crippen molar-refractivity contribution in [2.24, 2.45) is 0 Å². The minimum Gasteiger partial charge on any atom is -0.389 e. The SMILES string of the molecule is O=c1cnc2ccccc2n1C[C@H](O)COCc1ccc(Cl)cc1. The molecule has 1 heterocycles. The molecule has 0 bridgehead atoms. The molecule has 0 saturated carbocycles. The van der Waals surface area contributed by atoms with Gasteiger partial charge in [-0.15, -0.1) is 0 Å². The van der Waals surface area contributed by atoms with Crippen LogP contribution in [-0.4, -0.2) is 27.4 Å². The monoisotopic (exact) mass is 344 g/mol. The Bertz CT molecular complexity index is 877. The zero-order valence-electron chi connectivity index (χ0n) is 12.9. The largest absolute Gasteiger partial charge is 0.389 e. The third-order valence-electron chi connectivity index (χ3n) is 3.64. The van der Waals surface area contributed by atoms with Crippen LogP contribution in [0.5, 0.6) is 0 Å². The van der Waals surface area contributed by atoms with E-state index in [1.165, 1.54) is 10.8 Å². The zero-order chi connectivity index (χ0) is 16.9. The molecule has 1 N–H and O–H groups in total. The fourth-order valence-corrected chi connectivity index (χ4v) is 2.59. The molecule has 0 aliphatic carbocycles. The second kappa shape index (κ2) is 7.57. The lowest BCUT2D eigenvalue weighted by atomic mass is 10.2. The number of halogens is 1. The lowest BCUT2D eigenvalue weighted by Gasteiger charge is -2.15. The van der Waals surface area contributed by atoms with Crippen molar-refractivity contribution >= 4 is 22.6 Å². The molecule has 0 spiro atoms. The highest BCUT2D eigenvalue weighted by molar-refractivity contribution is 6.30. The molecule has 1 atom stereocenters. The lowest BCUT2D eigenvalue weighted by molar-refractivity contribution is 0.0205. The zero-order valence-corrected chi connectivity index (χ0v) is 13.7.